The molecule has 1 aromatic carbocycles. The van der Waals surface area contributed by atoms with Crippen LogP contribution in [0.2, 0.25) is 5.02 Å². The Balaban J connectivity index is 2.18. The van der Waals surface area contributed by atoms with Crippen LogP contribution in [0.4, 0.5) is 0 Å². The van der Waals surface area contributed by atoms with E-state index in [1.807, 2.05) is 35.0 Å². The van der Waals surface area contributed by atoms with Crippen LogP contribution in [0.15, 0.2) is 36.8 Å². The molecule has 2 aromatic rings. The van der Waals surface area contributed by atoms with Gasteiger partial charge in [-0.15, -0.1) is 11.6 Å². The first-order valence-corrected chi connectivity index (χ1v) is 5.51. The van der Waals surface area contributed by atoms with Crippen molar-refractivity contribution >= 4 is 23.2 Å². The Morgan fingerprint density at radius 2 is 2.07 bits per heavy atom. The largest absolute Gasteiger partial charge is 0.333 e. The van der Waals surface area contributed by atoms with Crippen LogP contribution in [0.25, 0.3) is 0 Å². The third-order valence-corrected chi connectivity index (χ3v) is 2.78. The molecule has 0 N–H and O–H groups in total. The van der Waals surface area contributed by atoms with Gasteiger partial charge in [-0.2, -0.15) is 0 Å². The number of imidazole rings is 1. The number of aromatic nitrogens is 2. The minimum Gasteiger partial charge on any atom is -0.333 e. The summed E-state index contributed by atoms with van der Waals surface area (Å²) in [7, 11) is 0. The van der Waals surface area contributed by atoms with E-state index in [0.29, 0.717) is 5.88 Å². The predicted molar refractivity (Wildman–Crippen MR) is 62.3 cm³/mol. The molecule has 0 amide bonds. The second kappa shape index (κ2) is 4.69. The molecule has 0 atom stereocenters. The monoisotopic (exact) mass is 240 g/mol. The molecular formula is C11H10Cl2N2. The predicted octanol–water partition coefficient (Wildman–Crippen LogP) is 3.32. The quantitative estimate of drug-likeness (QED) is 0.753. The molecule has 0 spiro atoms. The Morgan fingerprint density at radius 3 is 2.73 bits per heavy atom. The summed E-state index contributed by atoms with van der Waals surface area (Å²) in [6, 6.07) is 7.78. The van der Waals surface area contributed by atoms with Crippen molar-refractivity contribution in [2.75, 3.05) is 0 Å². The van der Waals surface area contributed by atoms with Gasteiger partial charge >= 0.3 is 0 Å². The summed E-state index contributed by atoms with van der Waals surface area (Å²) in [5.41, 5.74) is 1.96. The number of alkyl halides is 1. The van der Waals surface area contributed by atoms with Gasteiger partial charge in [-0.05, 0) is 11.6 Å². The normalized spacial score (nSPS) is 10.5. The zero-order chi connectivity index (χ0) is 10.7. The number of halogens is 2. The maximum Gasteiger partial charge on any atom is 0.0953 e. The highest BCUT2D eigenvalue weighted by molar-refractivity contribution is 6.31. The highest BCUT2D eigenvalue weighted by atomic mass is 35.5. The van der Waals surface area contributed by atoms with E-state index in [1.54, 1.807) is 6.33 Å². The van der Waals surface area contributed by atoms with Gasteiger partial charge in [-0.1, -0.05) is 29.8 Å². The van der Waals surface area contributed by atoms with Crippen molar-refractivity contribution in [3.05, 3.63) is 53.1 Å². The second-order valence-corrected chi connectivity index (χ2v) is 3.94. The van der Waals surface area contributed by atoms with Crippen molar-refractivity contribution < 1.29 is 0 Å². The van der Waals surface area contributed by atoms with E-state index in [4.69, 9.17) is 23.2 Å². The van der Waals surface area contributed by atoms with Gasteiger partial charge < -0.3 is 4.57 Å². The van der Waals surface area contributed by atoms with Crippen molar-refractivity contribution in [1.82, 2.24) is 9.55 Å². The van der Waals surface area contributed by atoms with Gasteiger partial charge in [0.15, 0.2) is 0 Å². The molecule has 78 valence electrons. The Kier molecular flexibility index (Phi) is 3.29. The fourth-order valence-corrected chi connectivity index (χ4v) is 1.72. The van der Waals surface area contributed by atoms with Gasteiger partial charge in [0.05, 0.1) is 17.9 Å². The van der Waals surface area contributed by atoms with E-state index < -0.39 is 0 Å². The Bertz CT molecular complexity index is 451. The topological polar surface area (TPSA) is 17.8 Å². The minimum atomic E-state index is 0.440. The summed E-state index contributed by atoms with van der Waals surface area (Å²) < 4.78 is 1.97. The van der Waals surface area contributed by atoms with E-state index in [2.05, 4.69) is 4.98 Å². The average Bonchev–Trinajstić information content (AvgIpc) is 2.69. The van der Waals surface area contributed by atoms with Crippen LogP contribution >= 0.6 is 23.2 Å². The Morgan fingerprint density at radius 1 is 1.27 bits per heavy atom. The standard InChI is InChI=1S/C11H10Cl2N2/c12-5-10-7-15(8-14-10)6-9-3-1-2-4-11(9)13/h1-4,7-8H,5-6H2. The van der Waals surface area contributed by atoms with Crippen LogP contribution in [0.3, 0.4) is 0 Å². The number of hydrogen-bond donors (Lipinski definition) is 0. The van der Waals surface area contributed by atoms with E-state index >= 15 is 0 Å². The molecule has 0 radical (unpaired) electrons. The molecule has 0 unspecified atom stereocenters. The summed E-state index contributed by atoms with van der Waals surface area (Å²) in [5, 5.41) is 0.777. The molecule has 0 saturated carbocycles. The van der Waals surface area contributed by atoms with E-state index in [0.717, 1.165) is 22.8 Å². The average molecular weight is 241 g/mol. The zero-order valence-corrected chi connectivity index (χ0v) is 9.54. The van der Waals surface area contributed by atoms with Crippen molar-refractivity contribution in [2.45, 2.75) is 12.4 Å². The van der Waals surface area contributed by atoms with Crippen LogP contribution in [-0.2, 0) is 12.4 Å². The summed E-state index contributed by atoms with van der Waals surface area (Å²) in [5.74, 6) is 0.440. The van der Waals surface area contributed by atoms with Crippen molar-refractivity contribution in [2.24, 2.45) is 0 Å². The lowest BCUT2D eigenvalue weighted by molar-refractivity contribution is 0.797. The first-order chi connectivity index (χ1) is 7.29. The Hall–Kier alpha value is -0.990. The molecule has 0 aliphatic heterocycles. The molecule has 2 nitrogen and oxygen atoms in total. The van der Waals surface area contributed by atoms with E-state index in [9.17, 15) is 0 Å². The minimum absolute atomic E-state index is 0.440. The van der Waals surface area contributed by atoms with Crippen molar-refractivity contribution in [1.29, 1.82) is 0 Å². The molecule has 1 aromatic heterocycles. The first kappa shape index (κ1) is 10.5. The van der Waals surface area contributed by atoms with Crippen LogP contribution in [0.5, 0.6) is 0 Å². The molecule has 0 aliphatic carbocycles. The number of rotatable bonds is 3. The number of hydrogen-bond acceptors (Lipinski definition) is 1. The smallest absolute Gasteiger partial charge is 0.0953 e. The van der Waals surface area contributed by atoms with Gasteiger partial charge in [0.25, 0.3) is 0 Å². The highest BCUT2D eigenvalue weighted by Crippen LogP contribution is 2.16. The van der Waals surface area contributed by atoms with E-state index in [-0.39, 0.29) is 0 Å². The van der Waals surface area contributed by atoms with Crippen LogP contribution in [0, 0.1) is 0 Å². The maximum atomic E-state index is 6.06. The van der Waals surface area contributed by atoms with Crippen molar-refractivity contribution in [3.63, 3.8) is 0 Å². The molecule has 15 heavy (non-hydrogen) atoms. The van der Waals surface area contributed by atoms with Crippen LogP contribution < -0.4 is 0 Å². The summed E-state index contributed by atoms with van der Waals surface area (Å²) in [6.07, 6.45) is 3.69. The molecule has 1 heterocycles. The fourth-order valence-electron chi connectivity index (χ4n) is 1.39. The van der Waals surface area contributed by atoms with Gasteiger partial charge in [0, 0.05) is 17.8 Å². The Labute approximate surface area is 98.5 Å². The molecule has 4 heteroatoms. The third kappa shape index (κ3) is 2.52. The van der Waals surface area contributed by atoms with Crippen LogP contribution in [-0.4, -0.2) is 9.55 Å². The van der Waals surface area contributed by atoms with Crippen LogP contribution in [0.1, 0.15) is 11.3 Å². The molecular weight excluding hydrogens is 231 g/mol. The second-order valence-electron chi connectivity index (χ2n) is 3.26. The third-order valence-electron chi connectivity index (χ3n) is 2.13. The first-order valence-electron chi connectivity index (χ1n) is 4.59. The summed E-state index contributed by atoms with van der Waals surface area (Å²) in [6.45, 7) is 0.726. The SMILES string of the molecule is ClCc1cn(Cc2ccccc2Cl)cn1. The lowest BCUT2D eigenvalue weighted by atomic mass is 10.2. The highest BCUT2D eigenvalue weighted by Gasteiger charge is 2.01. The van der Waals surface area contributed by atoms with Gasteiger partial charge in [-0.3, -0.25) is 0 Å². The molecule has 0 bridgehead atoms. The molecule has 0 fully saturated rings. The summed E-state index contributed by atoms with van der Waals surface area (Å²) in [4.78, 5) is 4.15. The number of benzene rings is 1. The van der Waals surface area contributed by atoms with Gasteiger partial charge in [0.2, 0.25) is 0 Å². The maximum absolute atomic E-state index is 6.06. The summed E-state index contributed by atoms with van der Waals surface area (Å²) >= 11 is 11.7. The fraction of sp³-hybridized carbons (Fsp3) is 0.182. The van der Waals surface area contributed by atoms with Gasteiger partial charge in [-0.25, -0.2) is 4.98 Å². The van der Waals surface area contributed by atoms with Crippen molar-refractivity contribution in [3.8, 4) is 0 Å². The van der Waals surface area contributed by atoms with E-state index in [1.165, 1.54) is 0 Å². The molecule has 2 rings (SSSR count). The zero-order valence-electron chi connectivity index (χ0n) is 8.03. The lowest BCUT2D eigenvalue weighted by Crippen LogP contribution is -1.96. The van der Waals surface area contributed by atoms with Gasteiger partial charge in [0.1, 0.15) is 0 Å². The lowest BCUT2D eigenvalue weighted by Gasteiger charge is -2.03. The molecule has 0 aliphatic rings. The number of nitrogens with zero attached hydrogens (tertiary/aromatic N) is 2. The molecule has 0 saturated heterocycles.